The zero-order valence-electron chi connectivity index (χ0n) is 25.6. The second kappa shape index (κ2) is 13.8. The van der Waals surface area contributed by atoms with Crippen LogP contribution in [0.25, 0.3) is 11.3 Å². The molecule has 2 amide bonds. The summed E-state index contributed by atoms with van der Waals surface area (Å²) < 4.78 is 11.7. The van der Waals surface area contributed by atoms with Gasteiger partial charge in [0.25, 0.3) is 5.91 Å². The molecule has 8 nitrogen and oxygen atoms in total. The van der Waals surface area contributed by atoms with E-state index in [2.05, 4.69) is 39.8 Å². The van der Waals surface area contributed by atoms with Crippen molar-refractivity contribution in [2.45, 2.75) is 33.1 Å². The number of carbonyl (C=O) groups is 2. The third-order valence-electron chi connectivity index (χ3n) is 8.06. The molecule has 3 aromatic rings. The maximum Gasteiger partial charge on any atom is 0.258 e. The van der Waals surface area contributed by atoms with Gasteiger partial charge in [0.2, 0.25) is 5.91 Å². The van der Waals surface area contributed by atoms with Crippen LogP contribution in [0.3, 0.4) is 0 Å². The van der Waals surface area contributed by atoms with Gasteiger partial charge in [-0.15, -0.1) is 0 Å². The summed E-state index contributed by atoms with van der Waals surface area (Å²) in [5, 5.41) is 6.58. The van der Waals surface area contributed by atoms with Crippen LogP contribution in [0.4, 0.5) is 11.4 Å². The van der Waals surface area contributed by atoms with Crippen molar-refractivity contribution >= 4 is 34.5 Å². The van der Waals surface area contributed by atoms with E-state index in [1.54, 1.807) is 4.90 Å². The molecule has 0 radical (unpaired) electrons. The van der Waals surface area contributed by atoms with Crippen molar-refractivity contribution in [1.82, 2.24) is 9.80 Å². The van der Waals surface area contributed by atoms with Crippen LogP contribution in [0.15, 0.2) is 66.7 Å². The fraction of sp³-hybridized carbons (Fsp3) is 0.371. The topological polar surface area (TPSA) is 83.1 Å². The highest BCUT2D eigenvalue weighted by molar-refractivity contribution is 6.37. The fourth-order valence-electron chi connectivity index (χ4n) is 5.80. The lowest BCUT2D eigenvalue weighted by Crippen LogP contribution is -2.40. The summed E-state index contributed by atoms with van der Waals surface area (Å²) in [5.41, 5.74) is 5.82. The first-order valence-electron chi connectivity index (χ1n) is 15.2. The van der Waals surface area contributed by atoms with Gasteiger partial charge in [-0.05, 0) is 75.5 Å². The van der Waals surface area contributed by atoms with Crippen molar-refractivity contribution in [1.29, 1.82) is 0 Å². The van der Waals surface area contributed by atoms with Crippen LogP contribution < -0.4 is 20.1 Å². The molecule has 43 heavy (non-hydrogen) atoms. The van der Waals surface area contributed by atoms with E-state index in [0.717, 1.165) is 61.4 Å². The molecule has 0 spiro atoms. The summed E-state index contributed by atoms with van der Waals surface area (Å²) in [6, 6.07) is 22.1. The lowest BCUT2D eigenvalue weighted by molar-refractivity contribution is -0.134. The van der Waals surface area contributed by atoms with E-state index in [1.807, 2.05) is 70.4 Å². The molecule has 0 unspecified atom stereocenters. The fourth-order valence-corrected chi connectivity index (χ4v) is 5.80. The largest absolute Gasteiger partial charge is 0.490 e. The predicted octanol–water partition coefficient (Wildman–Crippen LogP) is 5.76. The normalized spacial score (nSPS) is 16.3. The Bertz CT molecular complexity index is 1460. The Hall–Kier alpha value is -4.30. The molecule has 3 aromatic carbocycles. The monoisotopic (exact) mass is 582 g/mol. The number of carbonyl (C=O) groups excluding carboxylic acids is 2. The summed E-state index contributed by atoms with van der Waals surface area (Å²) >= 11 is 0. The average Bonchev–Trinajstić information content (AvgIpc) is 3.34. The van der Waals surface area contributed by atoms with Gasteiger partial charge in [0.05, 0.1) is 30.2 Å². The van der Waals surface area contributed by atoms with E-state index in [4.69, 9.17) is 9.47 Å². The number of benzene rings is 3. The minimum absolute atomic E-state index is 0.149. The van der Waals surface area contributed by atoms with Gasteiger partial charge in [0.15, 0.2) is 11.5 Å². The second-order valence-corrected chi connectivity index (χ2v) is 11.2. The van der Waals surface area contributed by atoms with Gasteiger partial charge in [-0.1, -0.05) is 42.5 Å². The molecule has 0 saturated carbocycles. The van der Waals surface area contributed by atoms with Gasteiger partial charge in [-0.25, -0.2) is 0 Å². The van der Waals surface area contributed by atoms with Gasteiger partial charge >= 0.3 is 0 Å². The number of rotatable bonds is 11. The Morgan fingerprint density at radius 1 is 0.953 bits per heavy atom. The van der Waals surface area contributed by atoms with Crippen LogP contribution in [-0.2, 0) is 16.0 Å². The summed E-state index contributed by atoms with van der Waals surface area (Å²) in [7, 11) is 3.68. The smallest absolute Gasteiger partial charge is 0.258 e. The number of anilines is 2. The summed E-state index contributed by atoms with van der Waals surface area (Å²) in [6.07, 6.45) is 2.79. The van der Waals surface area contributed by atoms with Crippen LogP contribution in [0, 0.1) is 5.92 Å². The molecule has 0 aliphatic carbocycles. The summed E-state index contributed by atoms with van der Waals surface area (Å²) in [4.78, 5) is 29.9. The zero-order valence-corrected chi connectivity index (χ0v) is 25.6. The van der Waals surface area contributed by atoms with Crippen LogP contribution >= 0.6 is 0 Å². The molecular formula is C35H42N4O4. The SMILES string of the molecule is CCOc1cc2c(cc1OCC)/C(=C(\Nc1ccc(CCN3CCC(C(=O)N(C)C)CC3)cc1)c1ccccc1)C(=O)N2. The number of ether oxygens (including phenoxy) is 2. The first kappa shape index (κ1) is 30.2. The highest BCUT2D eigenvalue weighted by Gasteiger charge is 2.31. The van der Waals surface area contributed by atoms with Crippen LogP contribution in [0.2, 0.25) is 0 Å². The van der Waals surface area contributed by atoms with E-state index in [9.17, 15) is 9.59 Å². The third kappa shape index (κ3) is 7.03. The zero-order chi connectivity index (χ0) is 30.3. The maximum absolute atomic E-state index is 13.4. The first-order chi connectivity index (χ1) is 20.9. The number of piperidine rings is 1. The number of hydrogen-bond acceptors (Lipinski definition) is 6. The van der Waals surface area contributed by atoms with Crippen molar-refractivity contribution in [2.75, 3.05) is 57.6 Å². The molecular weight excluding hydrogens is 540 g/mol. The number of fused-ring (bicyclic) bond motifs is 1. The van der Waals surface area contributed by atoms with E-state index in [-0.39, 0.29) is 17.7 Å². The van der Waals surface area contributed by atoms with Gasteiger partial charge in [0.1, 0.15) is 0 Å². The Morgan fingerprint density at radius 3 is 2.23 bits per heavy atom. The Kier molecular flexibility index (Phi) is 9.67. The molecule has 0 bridgehead atoms. The summed E-state index contributed by atoms with van der Waals surface area (Å²) in [5.74, 6) is 1.44. The molecule has 226 valence electrons. The van der Waals surface area contributed by atoms with Crippen molar-refractivity contribution in [3.8, 4) is 11.5 Å². The molecule has 1 fully saturated rings. The van der Waals surface area contributed by atoms with Crippen molar-refractivity contribution < 1.29 is 19.1 Å². The van der Waals surface area contributed by atoms with Crippen LogP contribution in [-0.4, -0.2) is 68.6 Å². The highest BCUT2D eigenvalue weighted by Crippen LogP contribution is 2.43. The van der Waals surface area contributed by atoms with Crippen LogP contribution in [0.5, 0.6) is 11.5 Å². The first-order valence-corrected chi connectivity index (χ1v) is 15.2. The number of nitrogens with zero attached hydrogens (tertiary/aromatic N) is 2. The third-order valence-corrected chi connectivity index (χ3v) is 8.06. The Morgan fingerprint density at radius 2 is 1.60 bits per heavy atom. The number of hydrogen-bond donors (Lipinski definition) is 2. The van der Waals surface area contributed by atoms with Crippen molar-refractivity contribution in [2.24, 2.45) is 5.92 Å². The van der Waals surface area contributed by atoms with E-state index in [0.29, 0.717) is 36.0 Å². The number of amides is 2. The second-order valence-electron chi connectivity index (χ2n) is 11.2. The summed E-state index contributed by atoms with van der Waals surface area (Å²) in [6.45, 7) is 7.73. The Labute approximate surface area is 254 Å². The highest BCUT2D eigenvalue weighted by atomic mass is 16.5. The van der Waals surface area contributed by atoms with Gasteiger partial charge in [-0.2, -0.15) is 0 Å². The molecule has 1 saturated heterocycles. The molecule has 0 atom stereocenters. The molecule has 2 N–H and O–H groups in total. The van der Waals surface area contributed by atoms with E-state index in [1.165, 1.54) is 5.56 Å². The van der Waals surface area contributed by atoms with Crippen molar-refractivity contribution in [3.05, 3.63) is 83.4 Å². The van der Waals surface area contributed by atoms with E-state index >= 15 is 0 Å². The quantitative estimate of drug-likeness (QED) is 0.280. The van der Waals surface area contributed by atoms with Gasteiger partial charge < -0.3 is 29.9 Å². The molecule has 0 aromatic heterocycles. The van der Waals surface area contributed by atoms with Crippen LogP contribution in [0.1, 0.15) is 43.4 Å². The van der Waals surface area contributed by atoms with Crippen molar-refractivity contribution in [3.63, 3.8) is 0 Å². The predicted molar refractivity (Wildman–Crippen MR) is 172 cm³/mol. The molecule has 5 rings (SSSR count). The average molecular weight is 583 g/mol. The minimum Gasteiger partial charge on any atom is -0.490 e. The van der Waals surface area contributed by atoms with E-state index < -0.39 is 0 Å². The van der Waals surface area contributed by atoms with Gasteiger partial charge in [0, 0.05) is 43.9 Å². The lowest BCUT2D eigenvalue weighted by atomic mass is 9.95. The standard InChI is InChI=1S/C35H42N4O4/c1-5-42-30-22-28-29(23-31(30)43-6-2)37-34(40)32(28)33(25-10-8-7-9-11-25)36-27-14-12-24(13-15-27)16-19-39-20-17-26(18-21-39)35(41)38(3)4/h7-15,22-23,26,36H,5-6,16-21H2,1-4H3,(H,37,40)/b33-32+. The number of likely N-dealkylation sites (tertiary alicyclic amines) is 1. The molecule has 2 heterocycles. The minimum atomic E-state index is -0.176. The Balaban J connectivity index is 1.34. The molecule has 8 heteroatoms. The number of nitrogens with one attached hydrogen (secondary N) is 2. The maximum atomic E-state index is 13.4. The lowest BCUT2D eigenvalue weighted by Gasteiger charge is -2.32. The van der Waals surface area contributed by atoms with Gasteiger partial charge in [-0.3, -0.25) is 9.59 Å². The molecule has 2 aliphatic heterocycles. The molecule has 2 aliphatic rings.